The van der Waals surface area contributed by atoms with Gasteiger partial charge in [-0.3, -0.25) is 14.4 Å². The summed E-state index contributed by atoms with van der Waals surface area (Å²) in [5, 5.41) is 12.9. The van der Waals surface area contributed by atoms with E-state index in [1.807, 2.05) is 6.92 Å². The van der Waals surface area contributed by atoms with Gasteiger partial charge in [-0.1, -0.05) is 25.1 Å². The monoisotopic (exact) mass is 447 g/mol. The minimum Gasteiger partial charge on any atom is -0.503 e. The normalized spacial score (nSPS) is 21.8. The molecule has 0 spiro atoms. The molecule has 32 heavy (non-hydrogen) atoms. The SMILES string of the molecule is C[C@@H]1C=C[C@H](CF)N2C[C@H]1n1cc(C(=O)NCc3ccc(F)cc3F)c(=O)c(O)c1C2=O. The first-order valence-electron chi connectivity index (χ1n) is 9.98. The number of amides is 2. The van der Waals surface area contributed by atoms with Gasteiger partial charge in [0.15, 0.2) is 11.4 Å². The number of alkyl halides is 1. The summed E-state index contributed by atoms with van der Waals surface area (Å²) >= 11 is 0. The van der Waals surface area contributed by atoms with Crippen molar-refractivity contribution in [2.45, 2.75) is 25.6 Å². The lowest BCUT2D eigenvalue weighted by atomic mass is 9.98. The number of halogens is 3. The molecule has 2 aromatic rings. The number of aromatic nitrogens is 1. The number of rotatable bonds is 4. The van der Waals surface area contributed by atoms with Crippen molar-refractivity contribution in [3.05, 3.63) is 75.2 Å². The fraction of sp³-hybridized carbons (Fsp3) is 0.318. The minimum atomic E-state index is -1.07. The van der Waals surface area contributed by atoms with Crippen LogP contribution in [0.5, 0.6) is 5.75 Å². The number of hydrogen-bond acceptors (Lipinski definition) is 4. The maximum atomic E-state index is 13.8. The van der Waals surface area contributed by atoms with Crippen LogP contribution in [0.4, 0.5) is 13.2 Å². The van der Waals surface area contributed by atoms with E-state index >= 15 is 0 Å². The van der Waals surface area contributed by atoms with Crippen molar-refractivity contribution >= 4 is 11.8 Å². The molecule has 4 rings (SSSR count). The van der Waals surface area contributed by atoms with Crippen LogP contribution in [0.3, 0.4) is 0 Å². The molecule has 1 aromatic carbocycles. The van der Waals surface area contributed by atoms with Crippen LogP contribution in [0.1, 0.15) is 39.4 Å². The van der Waals surface area contributed by atoms with E-state index in [-0.39, 0.29) is 30.3 Å². The predicted molar refractivity (Wildman–Crippen MR) is 108 cm³/mol. The molecule has 2 amide bonds. The molecule has 3 atom stereocenters. The maximum Gasteiger partial charge on any atom is 0.275 e. The highest BCUT2D eigenvalue weighted by Gasteiger charge is 2.40. The molecule has 0 aliphatic carbocycles. The number of benzene rings is 1. The standard InChI is InChI=1S/C22H20F3N3O4/c1-11-2-5-14(7-23)27-10-17(11)28-9-15(19(29)20(30)18(28)22(27)32)21(31)26-8-12-3-4-13(24)6-16(12)25/h2-6,9,11,14,17,30H,7-8,10H2,1H3,(H,26,31)/t11-,14-,17-/m1/s1. The number of nitrogens with zero attached hydrogens (tertiary/aromatic N) is 2. The Balaban J connectivity index is 1.70. The number of allylic oxidation sites excluding steroid dienone is 1. The summed E-state index contributed by atoms with van der Waals surface area (Å²) in [5.41, 5.74) is -1.80. The lowest BCUT2D eigenvalue weighted by molar-refractivity contribution is 0.0574. The molecule has 0 radical (unpaired) electrons. The molecule has 0 saturated heterocycles. The minimum absolute atomic E-state index is 0.00708. The van der Waals surface area contributed by atoms with Gasteiger partial charge in [-0.25, -0.2) is 13.2 Å². The number of carbonyl (C=O) groups excluding carboxylic acids is 2. The predicted octanol–water partition coefficient (Wildman–Crippen LogP) is 2.30. The molecule has 2 N–H and O–H groups in total. The first kappa shape index (κ1) is 21.7. The lowest BCUT2D eigenvalue weighted by Gasteiger charge is -2.38. The number of carbonyl (C=O) groups is 2. The summed E-state index contributed by atoms with van der Waals surface area (Å²) in [6.45, 7) is 0.845. The summed E-state index contributed by atoms with van der Waals surface area (Å²) in [6, 6.07) is 1.61. The molecule has 2 aliphatic rings. The van der Waals surface area contributed by atoms with Crippen molar-refractivity contribution in [2.24, 2.45) is 5.92 Å². The van der Waals surface area contributed by atoms with E-state index in [9.17, 15) is 32.7 Å². The number of aromatic hydroxyl groups is 1. The molecule has 168 valence electrons. The zero-order chi connectivity index (χ0) is 23.2. The van der Waals surface area contributed by atoms with Gasteiger partial charge in [0.2, 0.25) is 5.43 Å². The average Bonchev–Trinajstić information content (AvgIpc) is 2.90. The van der Waals surface area contributed by atoms with Gasteiger partial charge >= 0.3 is 0 Å². The third kappa shape index (κ3) is 3.55. The third-order valence-electron chi connectivity index (χ3n) is 5.92. The Morgan fingerprint density at radius 1 is 1.25 bits per heavy atom. The summed E-state index contributed by atoms with van der Waals surface area (Å²) < 4.78 is 41.7. The number of nitrogens with one attached hydrogen (secondary N) is 1. The van der Waals surface area contributed by atoms with Crippen molar-refractivity contribution in [1.82, 2.24) is 14.8 Å². The van der Waals surface area contributed by atoms with E-state index < -0.39 is 58.9 Å². The quantitative estimate of drug-likeness (QED) is 0.704. The van der Waals surface area contributed by atoms with Gasteiger partial charge in [0, 0.05) is 30.9 Å². The Labute approximate surface area is 180 Å². The molecule has 10 heteroatoms. The fourth-order valence-electron chi connectivity index (χ4n) is 4.07. The van der Waals surface area contributed by atoms with Crippen LogP contribution in [-0.4, -0.2) is 45.6 Å². The van der Waals surface area contributed by atoms with Gasteiger partial charge in [-0.2, -0.15) is 0 Å². The van der Waals surface area contributed by atoms with Crippen molar-refractivity contribution in [2.75, 3.05) is 13.2 Å². The van der Waals surface area contributed by atoms with Crippen LogP contribution in [-0.2, 0) is 6.54 Å². The summed E-state index contributed by atoms with van der Waals surface area (Å²) in [6.07, 6.45) is 4.52. The molecule has 2 bridgehead atoms. The van der Waals surface area contributed by atoms with Crippen LogP contribution in [0.15, 0.2) is 41.3 Å². The molecule has 2 aliphatic heterocycles. The largest absolute Gasteiger partial charge is 0.503 e. The first-order valence-corrected chi connectivity index (χ1v) is 9.98. The second kappa shape index (κ2) is 8.18. The smallest absolute Gasteiger partial charge is 0.275 e. The zero-order valence-electron chi connectivity index (χ0n) is 17.0. The van der Waals surface area contributed by atoms with Gasteiger partial charge in [-0.05, 0) is 12.0 Å². The van der Waals surface area contributed by atoms with Gasteiger partial charge in [0.1, 0.15) is 23.9 Å². The first-order chi connectivity index (χ1) is 15.2. The highest BCUT2D eigenvalue weighted by Crippen LogP contribution is 2.34. The highest BCUT2D eigenvalue weighted by molar-refractivity contribution is 5.99. The van der Waals surface area contributed by atoms with E-state index in [4.69, 9.17) is 0 Å². The van der Waals surface area contributed by atoms with E-state index in [1.54, 1.807) is 12.2 Å². The Hall–Kier alpha value is -3.56. The molecule has 0 unspecified atom stereocenters. The number of fused-ring (bicyclic) bond motifs is 4. The average molecular weight is 447 g/mol. The van der Waals surface area contributed by atoms with Crippen LogP contribution in [0.25, 0.3) is 0 Å². The molecular formula is C22H20F3N3O4. The van der Waals surface area contributed by atoms with E-state index in [0.29, 0.717) is 6.07 Å². The number of pyridine rings is 1. The molecule has 7 nitrogen and oxygen atoms in total. The van der Waals surface area contributed by atoms with Gasteiger partial charge in [0.25, 0.3) is 11.8 Å². The topological polar surface area (TPSA) is 91.6 Å². The summed E-state index contributed by atoms with van der Waals surface area (Å²) in [7, 11) is 0. The van der Waals surface area contributed by atoms with Crippen LogP contribution < -0.4 is 10.7 Å². The molecular weight excluding hydrogens is 427 g/mol. The van der Waals surface area contributed by atoms with Gasteiger partial charge < -0.3 is 19.9 Å². The van der Waals surface area contributed by atoms with Crippen molar-refractivity contribution in [1.29, 1.82) is 0 Å². The number of hydrogen-bond donors (Lipinski definition) is 2. The van der Waals surface area contributed by atoms with Crippen LogP contribution >= 0.6 is 0 Å². The maximum absolute atomic E-state index is 13.8. The molecule has 1 aromatic heterocycles. The summed E-state index contributed by atoms with van der Waals surface area (Å²) in [5.74, 6) is -4.32. The van der Waals surface area contributed by atoms with Crippen molar-refractivity contribution in [3.63, 3.8) is 0 Å². The van der Waals surface area contributed by atoms with Gasteiger partial charge in [0.05, 0.1) is 12.1 Å². The van der Waals surface area contributed by atoms with E-state index in [1.165, 1.54) is 15.7 Å². The van der Waals surface area contributed by atoms with Crippen LogP contribution in [0.2, 0.25) is 0 Å². The molecule has 0 fully saturated rings. The highest BCUT2D eigenvalue weighted by atomic mass is 19.1. The second-order valence-corrected chi connectivity index (χ2v) is 7.89. The second-order valence-electron chi connectivity index (χ2n) is 7.89. The zero-order valence-corrected chi connectivity index (χ0v) is 17.0. The van der Waals surface area contributed by atoms with Crippen molar-refractivity contribution < 1.29 is 27.9 Å². The Morgan fingerprint density at radius 3 is 2.69 bits per heavy atom. The van der Waals surface area contributed by atoms with Crippen LogP contribution in [0, 0.1) is 17.6 Å². The van der Waals surface area contributed by atoms with Crippen molar-refractivity contribution in [3.8, 4) is 5.75 Å². The fourth-order valence-corrected chi connectivity index (χ4v) is 4.07. The van der Waals surface area contributed by atoms with Gasteiger partial charge in [-0.15, -0.1) is 0 Å². The molecule has 3 heterocycles. The Kier molecular flexibility index (Phi) is 5.53. The van der Waals surface area contributed by atoms with E-state index in [0.717, 1.165) is 12.1 Å². The third-order valence-corrected chi connectivity index (χ3v) is 5.92. The Bertz CT molecular complexity index is 1190. The Morgan fingerprint density at radius 2 is 2.00 bits per heavy atom. The molecule has 0 saturated carbocycles. The lowest BCUT2D eigenvalue weighted by Crippen LogP contribution is -2.49. The van der Waals surface area contributed by atoms with E-state index in [2.05, 4.69) is 5.32 Å². The summed E-state index contributed by atoms with van der Waals surface area (Å²) in [4.78, 5) is 39.5.